The SMILES string of the molecule is CCc1cccc(C)c1N1CCN(C(=O)Nc2ccc(OC)cc2)CC1. The molecule has 2 aromatic rings. The Balaban J connectivity index is 1.60. The standard InChI is InChI=1S/C21H27N3O2/c1-4-17-7-5-6-16(2)20(17)23-12-14-24(15-13-23)21(25)22-18-8-10-19(26-3)11-9-18/h5-11H,4,12-15H2,1-3H3,(H,22,25). The second kappa shape index (κ2) is 8.13. The number of rotatable bonds is 4. The van der Waals surface area contributed by atoms with Crippen molar-refractivity contribution in [2.75, 3.05) is 43.5 Å². The highest BCUT2D eigenvalue weighted by molar-refractivity contribution is 5.89. The Labute approximate surface area is 155 Å². The van der Waals surface area contributed by atoms with Gasteiger partial charge in [-0.2, -0.15) is 0 Å². The van der Waals surface area contributed by atoms with Crippen molar-refractivity contribution in [2.45, 2.75) is 20.3 Å². The molecule has 0 aliphatic carbocycles. The predicted octanol–water partition coefficient (Wildman–Crippen LogP) is 3.92. The fourth-order valence-corrected chi connectivity index (χ4v) is 3.47. The summed E-state index contributed by atoms with van der Waals surface area (Å²) >= 11 is 0. The van der Waals surface area contributed by atoms with Gasteiger partial charge < -0.3 is 19.9 Å². The summed E-state index contributed by atoms with van der Waals surface area (Å²) in [6, 6.07) is 13.8. The molecule has 1 fully saturated rings. The molecule has 138 valence electrons. The number of ether oxygens (including phenoxy) is 1. The van der Waals surface area contributed by atoms with Crippen LogP contribution in [0.15, 0.2) is 42.5 Å². The van der Waals surface area contributed by atoms with Crippen LogP contribution in [0.4, 0.5) is 16.2 Å². The molecule has 0 unspecified atom stereocenters. The maximum Gasteiger partial charge on any atom is 0.321 e. The molecule has 2 aromatic carbocycles. The monoisotopic (exact) mass is 353 g/mol. The van der Waals surface area contributed by atoms with Crippen LogP contribution in [0.25, 0.3) is 0 Å². The van der Waals surface area contributed by atoms with Gasteiger partial charge in [0, 0.05) is 37.6 Å². The molecule has 0 bridgehead atoms. The van der Waals surface area contributed by atoms with Gasteiger partial charge >= 0.3 is 6.03 Å². The zero-order chi connectivity index (χ0) is 18.5. The molecule has 1 saturated heterocycles. The van der Waals surface area contributed by atoms with Crippen molar-refractivity contribution in [3.05, 3.63) is 53.6 Å². The van der Waals surface area contributed by atoms with E-state index in [4.69, 9.17) is 4.74 Å². The van der Waals surface area contributed by atoms with Gasteiger partial charge in [-0.15, -0.1) is 0 Å². The number of nitrogens with zero attached hydrogens (tertiary/aromatic N) is 2. The molecule has 0 atom stereocenters. The minimum absolute atomic E-state index is 0.0460. The van der Waals surface area contributed by atoms with Gasteiger partial charge in [-0.3, -0.25) is 0 Å². The largest absolute Gasteiger partial charge is 0.497 e. The summed E-state index contributed by atoms with van der Waals surface area (Å²) in [5.41, 5.74) is 4.80. The van der Waals surface area contributed by atoms with Gasteiger partial charge in [0.05, 0.1) is 7.11 Å². The Morgan fingerprint density at radius 3 is 2.38 bits per heavy atom. The van der Waals surface area contributed by atoms with Crippen molar-refractivity contribution in [3.63, 3.8) is 0 Å². The maximum atomic E-state index is 12.5. The first-order valence-electron chi connectivity index (χ1n) is 9.15. The van der Waals surface area contributed by atoms with E-state index in [1.165, 1.54) is 16.8 Å². The number of anilines is 2. The first-order chi connectivity index (χ1) is 12.6. The molecular weight excluding hydrogens is 326 g/mol. The van der Waals surface area contributed by atoms with E-state index < -0.39 is 0 Å². The minimum Gasteiger partial charge on any atom is -0.497 e. The lowest BCUT2D eigenvalue weighted by atomic mass is 10.0. The average Bonchev–Trinajstić information content (AvgIpc) is 2.68. The Kier molecular flexibility index (Phi) is 5.66. The number of hydrogen-bond acceptors (Lipinski definition) is 3. The van der Waals surface area contributed by atoms with Gasteiger partial charge in [-0.25, -0.2) is 4.79 Å². The van der Waals surface area contributed by atoms with E-state index in [1.54, 1.807) is 7.11 Å². The highest BCUT2D eigenvalue weighted by Crippen LogP contribution is 2.27. The number of aryl methyl sites for hydroxylation is 2. The first-order valence-corrected chi connectivity index (χ1v) is 9.15. The summed E-state index contributed by atoms with van der Waals surface area (Å²) in [4.78, 5) is 16.8. The molecule has 5 nitrogen and oxygen atoms in total. The van der Waals surface area contributed by atoms with E-state index in [1.807, 2.05) is 29.2 Å². The molecule has 0 radical (unpaired) electrons. The van der Waals surface area contributed by atoms with E-state index in [0.29, 0.717) is 0 Å². The van der Waals surface area contributed by atoms with Crippen LogP contribution >= 0.6 is 0 Å². The van der Waals surface area contributed by atoms with Crippen LogP contribution in [-0.2, 0) is 6.42 Å². The Morgan fingerprint density at radius 1 is 1.08 bits per heavy atom. The second-order valence-corrected chi connectivity index (χ2v) is 6.57. The maximum absolute atomic E-state index is 12.5. The highest BCUT2D eigenvalue weighted by Gasteiger charge is 2.23. The number of carbonyl (C=O) groups is 1. The molecule has 5 heteroatoms. The van der Waals surface area contributed by atoms with Crippen LogP contribution in [0, 0.1) is 6.92 Å². The van der Waals surface area contributed by atoms with Gasteiger partial charge in [0.15, 0.2) is 0 Å². The molecule has 0 aromatic heterocycles. The normalized spacial score (nSPS) is 14.3. The number of urea groups is 1. The lowest BCUT2D eigenvalue weighted by Gasteiger charge is -2.37. The van der Waals surface area contributed by atoms with Crippen molar-refractivity contribution in [1.29, 1.82) is 0 Å². The lowest BCUT2D eigenvalue weighted by molar-refractivity contribution is 0.208. The van der Waals surface area contributed by atoms with Crippen LogP contribution < -0.4 is 15.0 Å². The third kappa shape index (κ3) is 3.93. The molecule has 1 N–H and O–H groups in total. The van der Waals surface area contributed by atoms with E-state index in [-0.39, 0.29) is 6.03 Å². The summed E-state index contributed by atoms with van der Waals surface area (Å²) in [6.07, 6.45) is 1.02. The number of para-hydroxylation sites is 1. The van der Waals surface area contributed by atoms with Crippen LogP contribution in [0.3, 0.4) is 0 Å². The molecule has 1 heterocycles. The van der Waals surface area contributed by atoms with Crippen molar-refractivity contribution in [2.24, 2.45) is 0 Å². The minimum atomic E-state index is -0.0460. The van der Waals surface area contributed by atoms with Gasteiger partial charge in [0.2, 0.25) is 0 Å². The van der Waals surface area contributed by atoms with Crippen molar-refractivity contribution >= 4 is 17.4 Å². The quantitative estimate of drug-likeness (QED) is 0.906. The zero-order valence-corrected chi connectivity index (χ0v) is 15.8. The molecule has 1 aliphatic heterocycles. The molecule has 1 aliphatic rings. The zero-order valence-electron chi connectivity index (χ0n) is 15.8. The topological polar surface area (TPSA) is 44.8 Å². The number of nitrogens with one attached hydrogen (secondary N) is 1. The number of hydrogen-bond donors (Lipinski definition) is 1. The highest BCUT2D eigenvalue weighted by atomic mass is 16.5. The summed E-state index contributed by atoms with van der Waals surface area (Å²) in [7, 11) is 1.63. The lowest BCUT2D eigenvalue weighted by Crippen LogP contribution is -2.50. The number of benzene rings is 2. The molecule has 26 heavy (non-hydrogen) atoms. The van der Waals surface area contributed by atoms with E-state index in [0.717, 1.165) is 44.0 Å². The average molecular weight is 353 g/mol. The number of amides is 2. The smallest absolute Gasteiger partial charge is 0.321 e. The number of methoxy groups -OCH3 is 1. The Morgan fingerprint density at radius 2 is 1.77 bits per heavy atom. The summed E-state index contributed by atoms with van der Waals surface area (Å²) in [5, 5.41) is 2.96. The fourth-order valence-electron chi connectivity index (χ4n) is 3.47. The molecule has 3 rings (SSSR count). The first kappa shape index (κ1) is 18.1. The van der Waals surface area contributed by atoms with Crippen LogP contribution in [-0.4, -0.2) is 44.2 Å². The molecule has 2 amide bonds. The van der Waals surface area contributed by atoms with E-state index in [2.05, 4.69) is 42.3 Å². The van der Waals surface area contributed by atoms with E-state index in [9.17, 15) is 4.79 Å². The van der Waals surface area contributed by atoms with Crippen LogP contribution in [0.1, 0.15) is 18.1 Å². The van der Waals surface area contributed by atoms with Crippen molar-refractivity contribution < 1.29 is 9.53 Å². The van der Waals surface area contributed by atoms with E-state index >= 15 is 0 Å². The van der Waals surface area contributed by atoms with Gasteiger partial charge in [-0.1, -0.05) is 25.1 Å². The summed E-state index contributed by atoms with van der Waals surface area (Å²) in [5.74, 6) is 0.779. The summed E-state index contributed by atoms with van der Waals surface area (Å²) < 4.78 is 5.14. The van der Waals surface area contributed by atoms with Gasteiger partial charge in [-0.05, 0) is 48.7 Å². The third-order valence-corrected chi connectivity index (χ3v) is 4.93. The van der Waals surface area contributed by atoms with Crippen LogP contribution in [0.5, 0.6) is 5.75 Å². The molecule has 0 spiro atoms. The molecular formula is C21H27N3O2. The Hall–Kier alpha value is -2.69. The predicted molar refractivity (Wildman–Crippen MR) is 106 cm³/mol. The van der Waals surface area contributed by atoms with Crippen LogP contribution in [0.2, 0.25) is 0 Å². The Bertz CT molecular complexity index is 750. The van der Waals surface area contributed by atoms with Gasteiger partial charge in [0.1, 0.15) is 5.75 Å². The summed E-state index contributed by atoms with van der Waals surface area (Å²) in [6.45, 7) is 7.51. The van der Waals surface area contributed by atoms with Crippen molar-refractivity contribution in [1.82, 2.24) is 4.90 Å². The third-order valence-electron chi connectivity index (χ3n) is 4.93. The number of carbonyl (C=O) groups excluding carboxylic acids is 1. The van der Waals surface area contributed by atoms with Gasteiger partial charge in [0.25, 0.3) is 0 Å². The molecule has 0 saturated carbocycles. The fraction of sp³-hybridized carbons (Fsp3) is 0.381. The van der Waals surface area contributed by atoms with Crippen molar-refractivity contribution in [3.8, 4) is 5.75 Å². The number of piperazine rings is 1. The second-order valence-electron chi connectivity index (χ2n) is 6.57.